The van der Waals surface area contributed by atoms with E-state index in [1.165, 1.54) is 6.42 Å². The molecule has 0 radical (unpaired) electrons. The number of piperazine rings is 1. The average molecular weight is 415 g/mol. The lowest BCUT2D eigenvalue weighted by molar-refractivity contribution is -0.136. The van der Waals surface area contributed by atoms with Crippen LogP contribution in [0.4, 0.5) is 0 Å². The molecule has 0 bridgehead atoms. The summed E-state index contributed by atoms with van der Waals surface area (Å²) in [5, 5.41) is 0.916. The second-order valence-electron chi connectivity index (χ2n) is 8.39. The zero-order valence-corrected chi connectivity index (χ0v) is 18.1. The van der Waals surface area contributed by atoms with Crippen molar-refractivity contribution in [3.8, 4) is 0 Å². The van der Waals surface area contributed by atoms with Gasteiger partial charge in [0.1, 0.15) is 6.04 Å². The van der Waals surface area contributed by atoms with Gasteiger partial charge in [-0.3, -0.25) is 14.5 Å². The third-order valence-electron chi connectivity index (χ3n) is 5.95. The zero-order valence-electron chi connectivity index (χ0n) is 17.3. The summed E-state index contributed by atoms with van der Waals surface area (Å²) < 4.78 is 0. The van der Waals surface area contributed by atoms with E-state index in [0.29, 0.717) is 23.1 Å². The quantitative estimate of drug-likeness (QED) is 0.817. The molecule has 4 rings (SSSR count). The Balaban J connectivity index is 1.41. The number of fused-ring (bicyclic) bond motifs is 1. The molecule has 29 heavy (non-hydrogen) atoms. The van der Waals surface area contributed by atoms with Gasteiger partial charge in [-0.15, -0.1) is 11.8 Å². The summed E-state index contributed by atoms with van der Waals surface area (Å²) in [6.45, 7) is 8.96. The molecule has 1 aromatic carbocycles. The summed E-state index contributed by atoms with van der Waals surface area (Å²) in [7, 11) is 0. The number of thioether (sulfide) groups is 1. The van der Waals surface area contributed by atoms with E-state index in [1.54, 1.807) is 22.9 Å². The molecule has 1 aromatic heterocycles. The number of para-hydroxylation sites is 1. The van der Waals surface area contributed by atoms with Gasteiger partial charge in [0.15, 0.2) is 0 Å². The highest BCUT2D eigenvalue weighted by molar-refractivity contribution is 7.99. The number of nitrogens with one attached hydrogen (secondary N) is 1. The number of amides is 2. The van der Waals surface area contributed by atoms with E-state index < -0.39 is 0 Å². The number of carbonyl (C=O) groups excluding carboxylic acids is 2. The van der Waals surface area contributed by atoms with Crippen LogP contribution in [0.5, 0.6) is 0 Å². The van der Waals surface area contributed by atoms with Crippen molar-refractivity contribution in [3.63, 3.8) is 0 Å². The summed E-state index contributed by atoms with van der Waals surface area (Å²) in [5.41, 5.74) is 1.60. The maximum Gasteiger partial charge on any atom is 0.257 e. The monoisotopic (exact) mass is 414 g/mol. The van der Waals surface area contributed by atoms with E-state index in [2.05, 4.69) is 23.7 Å². The van der Waals surface area contributed by atoms with Crippen molar-refractivity contribution < 1.29 is 9.59 Å². The van der Waals surface area contributed by atoms with Gasteiger partial charge in [0.25, 0.3) is 5.91 Å². The Hall–Kier alpha value is -1.99. The van der Waals surface area contributed by atoms with Crippen LogP contribution < -0.4 is 0 Å². The van der Waals surface area contributed by atoms with Crippen LogP contribution in [0.2, 0.25) is 0 Å². The van der Waals surface area contributed by atoms with Gasteiger partial charge >= 0.3 is 0 Å². The lowest BCUT2D eigenvalue weighted by atomic mass is 10.1. The highest BCUT2D eigenvalue weighted by Crippen LogP contribution is 2.27. The highest BCUT2D eigenvalue weighted by atomic mass is 32.2. The van der Waals surface area contributed by atoms with Gasteiger partial charge in [-0.2, -0.15) is 0 Å². The standard InChI is InChI=1S/C22H30N4O2S/c1-16(2)7-8-24-9-11-25(12-10-24)22(28)20-14-29-15-26(20)21(27)18-13-23-19-6-4-3-5-17(18)19/h3-6,13,16,20,23H,7-12,14-15H2,1-2H3/t20-/m0/s1. The molecule has 2 aliphatic rings. The zero-order chi connectivity index (χ0) is 20.4. The smallest absolute Gasteiger partial charge is 0.257 e. The van der Waals surface area contributed by atoms with E-state index in [0.717, 1.165) is 43.6 Å². The molecule has 1 atom stereocenters. The van der Waals surface area contributed by atoms with Crippen LogP contribution in [0.25, 0.3) is 10.9 Å². The predicted molar refractivity (Wildman–Crippen MR) is 118 cm³/mol. The molecular formula is C22H30N4O2S. The Morgan fingerprint density at radius 3 is 2.69 bits per heavy atom. The van der Waals surface area contributed by atoms with Crippen molar-refractivity contribution in [2.75, 3.05) is 44.4 Å². The Labute approximate surface area is 176 Å². The van der Waals surface area contributed by atoms with E-state index in [1.807, 2.05) is 29.2 Å². The number of benzene rings is 1. The molecule has 2 aromatic rings. The Morgan fingerprint density at radius 2 is 1.93 bits per heavy atom. The number of hydrogen-bond acceptors (Lipinski definition) is 4. The second kappa shape index (κ2) is 8.79. The fourth-order valence-corrected chi connectivity index (χ4v) is 5.24. The molecular weight excluding hydrogens is 384 g/mol. The van der Waals surface area contributed by atoms with Crippen LogP contribution >= 0.6 is 11.8 Å². The van der Waals surface area contributed by atoms with Crippen molar-refractivity contribution in [1.29, 1.82) is 0 Å². The molecule has 2 saturated heterocycles. The first-order valence-corrected chi connectivity index (χ1v) is 11.7. The molecule has 2 fully saturated rings. The largest absolute Gasteiger partial charge is 0.360 e. The first-order valence-electron chi connectivity index (χ1n) is 10.5. The number of rotatable bonds is 5. The van der Waals surface area contributed by atoms with Gasteiger partial charge in [0.2, 0.25) is 5.91 Å². The Kier molecular flexibility index (Phi) is 6.15. The minimum atomic E-state index is -0.358. The SMILES string of the molecule is CC(C)CCN1CCN(C(=O)[C@@H]2CSCN2C(=O)c2c[nH]c3ccccc23)CC1. The maximum atomic E-state index is 13.2. The summed E-state index contributed by atoms with van der Waals surface area (Å²) >= 11 is 1.66. The van der Waals surface area contributed by atoms with Crippen LogP contribution in [0.15, 0.2) is 30.5 Å². The number of aromatic amines is 1. The lowest BCUT2D eigenvalue weighted by Crippen LogP contribution is -2.55. The van der Waals surface area contributed by atoms with Gasteiger partial charge < -0.3 is 14.8 Å². The van der Waals surface area contributed by atoms with Crippen molar-refractivity contribution in [3.05, 3.63) is 36.0 Å². The van der Waals surface area contributed by atoms with Crippen molar-refractivity contribution in [2.24, 2.45) is 5.92 Å². The Bertz CT molecular complexity index is 873. The van der Waals surface area contributed by atoms with Gasteiger partial charge in [-0.05, 0) is 24.9 Å². The Morgan fingerprint density at radius 1 is 1.17 bits per heavy atom. The molecule has 2 aliphatic heterocycles. The molecule has 7 heteroatoms. The third-order valence-corrected chi connectivity index (χ3v) is 6.97. The maximum absolute atomic E-state index is 13.2. The van der Waals surface area contributed by atoms with Gasteiger partial charge in [0.05, 0.1) is 11.4 Å². The molecule has 0 unspecified atom stereocenters. The van der Waals surface area contributed by atoms with Crippen LogP contribution in [0.3, 0.4) is 0 Å². The third kappa shape index (κ3) is 4.31. The summed E-state index contributed by atoms with van der Waals surface area (Å²) in [5.74, 6) is 2.01. The summed E-state index contributed by atoms with van der Waals surface area (Å²) in [4.78, 5) is 35.8. The minimum Gasteiger partial charge on any atom is -0.360 e. The van der Waals surface area contributed by atoms with E-state index >= 15 is 0 Å². The molecule has 1 N–H and O–H groups in total. The van der Waals surface area contributed by atoms with E-state index in [4.69, 9.17) is 0 Å². The fourth-order valence-electron chi connectivity index (χ4n) is 4.09. The average Bonchev–Trinajstić information content (AvgIpc) is 3.39. The molecule has 0 spiro atoms. The first kappa shape index (κ1) is 20.3. The number of H-pyrrole nitrogens is 1. The normalized spacial score (nSPS) is 20.7. The van der Waals surface area contributed by atoms with E-state index in [9.17, 15) is 9.59 Å². The molecule has 156 valence electrons. The van der Waals surface area contributed by atoms with Gasteiger partial charge in [-0.25, -0.2) is 0 Å². The van der Waals surface area contributed by atoms with Gasteiger partial charge in [0, 0.05) is 49.0 Å². The van der Waals surface area contributed by atoms with Crippen molar-refractivity contribution in [2.45, 2.75) is 26.3 Å². The molecule has 3 heterocycles. The van der Waals surface area contributed by atoms with Crippen LogP contribution in [0.1, 0.15) is 30.6 Å². The number of aromatic nitrogens is 1. The van der Waals surface area contributed by atoms with E-state index in [-0.39, 0.29) is 17.9 Å². The predicted octanol–water partition coefficient (Wildman–Crippen LogP) is 2.87. The summed E-state index contributed by atoms with van der Waals surface area (Å²) in [6, 6.07) is 7.45. The van der Waals surface area contributed by atoms with Crippen LogP contribution in [-0.2, 0) is 4.79 Å². The second-order valence-corrected chi connectivity index (χ2v) is 9.39. The molecule has 2 amide bonds. The molecule has 0 saturated carbocycles. The number of hydrogen-bond donors (Lipinski definition) is 1. The highest BCUT2D eigenvalue weighted by Gasteiger charge is 2.38. The van der Waals surface area contributed by atoms with Crippen LogP contribution in [-0.4, -0.2) is 81.9 Å². The lowest BCUT2D eigenvalue weighted by Gasteiger charge is -2.37. The van der Waals surface area contributed by atoms with Crippen LogP contribution in [0, 0.1) is 5.92 Å². The number of carbonyl (C=O) groups is 2. The molecule has 0 aliphatic carbocycles. The minimum absolute atomic E-state index is 0.0543. The van der Waals surface area contributed by atoms with Crippen molar-refractivity contribution in [1.82, 2.24) is 19.7 Å². The fraction of sp³-hybridized carbons (Fsp3) is 0.545. The van der Waals surface area contributed by atoms with Crippen molar-refractivity contribution >= 4 is 34.5 Å². The molecule has 6 nitrogen and oxygen atoms in total. The van der Waals surface area contributed by atoms with Gasteiger partial charge in [-0.1, -0.05) is 32.0 Å². The summed E-state index contributed by atoms with van der Waals surface area (Å²) in [6.07, 6.45) is 2.96. The topological polar surface area (TPSA) is 59.6 Å². The first-order chi connectivity index (χ1) is 14.0. The number of nitrogens with zero attached hydrogens (tertiary/aromatic N) is 3.